The topological polar surface area (TPSA) is 51.8 Å². The third-order valence-corrected chi connectivity index (χ3v) is 2.88. The van der Waals surface area contributed by atoms with E-state index < -0.39 is 0 Å². The summed E-state index contributed by atoms with van der Waals surface area (Å²) in [5, 5.41) is 0. The Kier molecular flexibility index (Phi) is 3.32. The number of para-hydroxylation sites is 1. The van der Waals surface area contributed by atoms with Crippen LogP contribution in [0.2, 0.25) is 0 Å². The van der Waals surface area contributed by atoms with Crippen molar-refractivity contribution in [2.75, 3.05) is 5.73 Å². The van der Waals surface area contributed by atoms with E-state index in [1.165, 1.54) is 0 Å². The van der Waals surface area contributed by atoms with Crippen LogP contribution in [0, 0.1) is 0 Å². The van der Waals surface area contributed by atoms with Crippen LogP contribution in [-0.4, -0.2) is 9.97 Å². The van der Waals surface area contributed by atoms with Gasteiger partial charge in [-0.1, -0.05) is 39.0 Å². The van der Waals surface area contributed by atoms with Gasteiger partial charge in [0.15, 0.2) is 0 Å². The molecule has 1 aromatic carbocycles. The maximum Gasteiger partial charge on any atom is 0.132 e. The zero-order valence-electron chi connectivity index (χ0n) is 11.1. The molecular weight excluding hydrogens is 222 g/mol. The maximum absolute atomic E-state index is 5.94. The van der Waals surface area contributed by atoms with Crippen LogP contribution < -0.4 is 5.73 Å². The number of hydrogen-bond acceptors (Lipinski definition) is 3. The van der Waals surface area contributed by atoms with Crippen LogP contribution in [0.4, 0.5) is 5.69 Å². The minimum Gasteiger partial charge on any atom is -0.398 e. The molecular formula is C15H19N3. The Hall–Kier alpha value is -1.90. The summed E-state index contributed by atoms with van der Waals surface area (Å²) >= 11 is 0. The van der Waals surface area contributed by atoms with E-state index in [1.54, 1.807) is 0 Å². The van der Waals surface area contributed by atoms with Crippen molar-refractivity contribution >= 4 is 5.69 Å². The second kappa shape index (κ2) is 4.77. The highest BCUT2D eigenvalue weighted by molar-refractivity contribution is 5.47. The summed E-state index contributed by atoms with van der Waals surface area (Å²) in [7, 11) is 0. The number of rotatable bonds is 2. The summed E-state index contributed by atoms with van der Waals surface area (Å²) in [6.07, 6.45) is 2.50. The fourth-order valence-electron chi connectivity index (χ4n) is 1.77. The molecule has 0 amide bonds. The van der Waals surface area contributed by atoms with Gasteiger partial charge in [0.05, 0.1) is 0 Å². The highest BCUT2D eigenvalue weighted by Gasteiger charge is 2.16. The van der Waals surface area contributed by atoms with Crippen molar-refractivity contribution in [1.29, 1.82) is 0 Å². The van der Waals surface area contributed by atoms with Crippen molar-refractivity contribution in [2.24, 2.45) is 0 Å². The van der Waals surface area contributed by atoms with Gasteiger partial charge in [-0.05, 0) is 17.7 Å². The summed E-state index contributed by atoms with van der Waals surface area (Å²) in [6.45, 7) is 6.45. The van der Waals surface area contributed by atoms with Gasteiger partial charge in [-0.3, -0.25) is 0 Å². The van der Waals surface area contributed by atoms with E-state index >= 15 is 0 Å². The van der Waals surface area contributed by atoms with Gasteiger partial charge in [0.25, 0.3) is 0 Å². The van der Waals surface area contributed by atoms with E-state index in [1.807, 2.05) is 36.5 Å². The number of aromatic nitrogens is 2. The van der Waals surface area contributed by atoms with E-state index in [0.29, 0.717) is 6.42 Å². The Labute approximate surface area is 108 Å². The Balaban J connectivity index is 2.28. The minimum atomic E-state index is 0.0416. The standard InChI is InChI=1S/C15H19N3/c1-15(2,3)13-8-9-17-14(18-13)10-11-6-4-5-7-12(11)16/h4-9H,10,16H2,1-3H3. The molecule has 0 saturated heterocycles. The molecule has 0 aliphatic carbocycles. The number of benzene rings is 1. The first-order chi connectivity index (χ1) is 8.47. The molecule has 18 heavy (non-hydrogen) atoms. The van der Waals surface area contributed by atoms with Gasteiger partial charge >= 0.3 is 0 Å². The van der Waals surface area contributed by atoms with Gasteiger partial charge in [0.1, 0.15) is 5.82 Å². The lowest BCUT2D eigenvalue weighted by Gasteiger charge is -2.17. The number of anilines is 1. The molecule has 0 saturated carbocycles. The first-order valence-corrected chi connectivity index (χ1v) is 6.12. The monoisotopic (exact) mass is 241 g/mol. The quantitative estimate of drug-likeness (QED) is 0.822. The predicted molar refractivity (Wildman–Crippen MR) is 74.4 cm³/mol. The first-order valence-electron chi connectivity index (χ1n) is 6.12. The Morgan fingerprint density at radius 3 is 2.50 bits per heavy atom. The second-order valence-electron chi connectivity index (χ2n) is 5.48. The maximum atomic E-state index is 5.94. The first kappa shape index (κ1) is 12.6. The third-order valence-electron chi connectivity index (χ3n) is 2.88. The van der Waals surface area contributed by atoms with Crippen molar-refractivity contribution in [3.63, 3.8) is 0 Å². The fraction of sp³-hybridized carbons (Fsp3) is 0.333. The SMILES string of the molecule is CC(C)(C)c1ccnc(Cc2ccccc2N)n1. The summed E-state index contributed by atoms with van der Waals surface area (Å²) < 4.78 is 0. The van der Waals surface area contributed by atoms with Crippen LogP contribution in [-0.2, 0) is 11.8 Å². The molecule has 2 N–H and O–H groups in total. The van der Waals surface area contributed by atoms with E-state index in [2.05, 4.69) is 30.7 Å². The smallest absolute Gasteiger partial charge is 0.132 e. The van der Waals surface area contributed by atoms with Gasteiger partial charge in [0, 0.05) is 29.4 Å². The molecule has 1 aromatic heterocycles. The fourth-order valence-corrected chi connectivity index (χ4v) is 1.77. The number of nitrogen functional groups attached to an aromatic ring is 1. The van der Waals surface area contributed by atoms with E-state index in [-0.39, 0.29) is 5.41 Å². The molecule has 3 nitrogen and oxygen atoms in total. The summed E-state index contributed by atoms with van der Waals surface area (Å²) in [4.78, 5) is 8.94. The predicted octanol–water partition coefficient (Wildman–Crippen LogP) is 2.95. The van der Waals surface area contributed by atoms with E-state index in [0.717, 1.165) is 22.8 Å². The van der Waals surface area contributed by atoms with Crippen LogP contribution in [0.5, 0.6) is 0 Å². The molecule has 0 bridgehead atoms. The van der Waals surface area contributed by atoms with E-state index in [9.17, 15) is 0 Å². The Morgan fingerprint density at radius 1 is 1.11 bits per heavy atom. The highest BCUT2D eigenvalue weighted by Crippen LogP contribution is 2.20. The lowest BCUT2D eigenvalue weighted by atomic mass is 9.92. The second-order valence-corrected chi connectivity index (χ2v) is 5.48. The van der Waals surface area contributed by atoms with Crippen molar-refractivity contribution < 1.29 is 0 Å². The van der Waals surface area contributed by atoms with Gasteiger partial charge in [-0.2, -0.15) is 0 Å². The van der Waals surface area contributed by atoms with Crippen LogP contribution in [0.1, 0.15) is 37.9 Å². The molecule has 0 fully saturated rings. The molecule has 2 rings (SSSR count). The van der Waals surface area contributed by atoms with Gasteiger partial charge in [-0.15, -0.1) is 0 Å². The molecule has 3 heteroatoms. The number of nitrogens with two attached hydrogens (primary N) is 1. The molecule has 0 unspecified atom stereocenters. The van der Waals surface area contributed by atoms with Crippen molar-refractivity contribution in [3.05, 3.63) is 53.6 Å². The minimum absolute atomic E-state index is 0.0416. The average Bonchev–Trinajstić information content (AvgIpc) is 2.31. The largest absolute Gasteiger partial charge is 0.398 e. The van der Waals surface area contributed by atoms with Gasteiger partial charge < -0.3 is 5.73 Å². The van der Waals surface area contributed by atoms with Crippen LogP contribution in [0.15, 0.2) is 36.5 Å². The molecule has 0 aliphatic heterocycles. The number of nitrogens with zero attached hydrogens (tertiary/aromatic N) is 2. The molecule has 1 heterocycles. The third kappa shape index (κ3) is 2.86. The molecule has 0 spiro atoms. The lowest BCUT2D eigenvalue weighted by molar-refractivity contribution is 0.563. The molecule has 0 radical (unpaired) electrons. The molecule has 0 atom stereocenters. The van der Waals surface area contributed by atoms with Gasteiger partial charge in [-0.25, -0.2) is 9.97 Å². The van der Waals surface area contributed by atoms with Gasteiger partial charge in [0.2, 0.25) is 0 Å². The zero-order valence-corrected chi connectivity index (χ0v) is 11.1. The van der Waals surface area contributed by atoms with Crippen LogP contribution in [0.3, 0.4) is 0 Å². The van der Waals surface area contributed by atoms with Crippen molar-refractivity contribution in [1.82, 2.24) is 9.97 Å². The van der Waals surface area contributed by atoms with Crippen molar-refractivity contribution in [2.45, 2.75) is 32.6 Å². The zero-order chi connectivity index (χ0) is 13.2. The number of hydrogen-bond donors (Lipinski definition) is 1. The normalized spacial score (nSPS) is 11.5. The van der Waals surface area contributed by atoms with Crippen LogP contribution in [0.25, 0.3) is 0 Å². The Bertz CT molecular complexity index is 541. The Morgan fingerprint density at radius 2 is 1.83 bits per heavy atom. The summed E-state index contributed by atoms with van der Waals surface area (Å²) in [5.74, 6) is 0.820. The highest BCUT2D eigenvalue weighted by atomic mass is 14.9. The van der Waals surface area contributed by atoms with Crippen molar-refractivity contribution in [3.8, 4) is 0 Å². The van der Waals surface area contributed by atoms with E-state index in [4.69, 9.17) is 5.73 Å². The van der Waals surface area contributed by atoms with Crippen LogP contribution >= 0.6 is 0 Å². The molecule has 0 aliphatic rings. The molecule has 2 aromatic rings. The average molecular weight is 241 g/mol. The lowest BCUT2D eigenvalue weighted by Crippen LogP contribution is -2.15. The summed E-state index contributed by atoms with van der Waals surface area (Å²) in [6, 6.07) is 9.81. The summed E-state index contributed by atoms with van der Waals surface area (Å²) in [5.41, 5.74) is 8.90. The molecule has 94 valence electrons.